The summed E-state index contributed by atoms with van der Waals surface area (Å²) in [5.41, 5.74) is 1.50. The van der Waals surface area contributed by atoms with E-state index < -0.39 is 0 Å². The van der Waals surface area contributed by atoms with E-state index in [1.165, 1.54) is 25.0 Å². The zero-order valence-electron chi connectivity index (χ0n) is 17.0. The Morgan fingerprint density at radius 1 is 1.15 bits per heavy atom. The number of piperazine rings is 1. The minimum atomic E-state index is -0.175. The summed E-state index contributed by atoms with van der Waals surface area (Å²) in [7, 11) is 0. The number of nitrogens with zero attached hydrogens (tertiary/aromatic N) is 2. The quantitative estimate of drug-likeness (QED) is 0.717. The summed E-state index contributed by atoms with van der Waals surface area (Å²) >= 11 is 4.79. The van der Waals surface area contributed by atoms with Crippen LogP contribution in [-0.2, 0) is 4.74 Å². The maximum absolute atomic E-state index is 13.1. The van der Waals surface area contributed by atoms with Crippen LogP contribution in [0.5, 0.6) is 0 Å². The Hall–Kier alpha value is -0.780. The monoisotopic (exact) mass is 394 g/mol. The van der Waals surface area contributed by atoms with Gasteiger partial charge in [-0.25, -0.2) is 4.39 Å². The van der Waals surface area contributed by atoms with Gasteiger partial charge in [-0.05, 0) is 54.9 Å². The van der Waals surface area contributed by atoms with Crippen molar-refractivity contribution in [3.8, 4) is 0 Å². The maximum atomic E-state index is 13.1. The molecular weight excluding hydrogens is 359 g/mol. The first-order chi connectivity index (χ1) is 12.8. The number of rotatable bonds is 6. The Morgan fingerprint density at radius 3 is 2.44 bits per heavy atom. The van der Waals surface area contributed by atoms with Crippen molar-refractivity contribution in [2.45, 2.75) is 51.4 Å². The van der Waals surface area contributed by atoms with E-state index in [2.05, 4.69) is 30.6 Å². The lowest BCUT2D eigenvalue weighted by atomic mass is 9.71. The van der Waals surface area contributed by atoms with E-state index in [-0.39, 0.29) is 11.1 Å². The number of anilines is 1. The zero-order valence-corrected chi connectivity index (χ0v) is 17.9. The molecule has 3 atom stereocenters. The first kappa shape index (κ1) is 20.9. The van der Waals surface area contributed by atoms with E-state index in [1.54, 1.807) is 0 Å². The van der Waals surface area contributed by atoms with Crippen LogP contribution in [0.1, 0.15) is 40.0 Å². The molecule has 0 unspecified atom stereocenters. The van der Waals surface area contributed by atoms with Crippen molar-refractivity contribution in [2.24, 2.45) is 11.3 Å². The predicted octanol–water partition coefficient (Wildman–Crippen LogP) is 4.48. The van der Waals surface area contributed by atoms with Crippen molar-refractivity contribution < 1.29 is 9.13 Å². The van der Waals surface area contributed by atoms with Crippen LogP contribution in [0.4, 0.5) is 10.1 Å². The highest BCUT2D eigenvalue weighted by Gasteiger charge is 2.32. The lowest BCUT2D eigenvalue weighted by Crippen LogP contribution is -2.48. The highest BCUT2D eigenvalue weighted by molar-refractivity contribution is 7.81. The van der Waals surface area contributed by atoms with Gasteiger partial charge in [0.1, 0.15) is 5.82 Å². The fraction of sp³-hybridized carbons (Fsp3) is 0.727. The van der Waals surface area contributed by atoms with Crippen LogP contribution in [0, 0.1) is 17.2 Å². The summed E-state index contributed by atoms with van der Waals surface area (Å²) < 4.78 is 19.3. The summed E-state index contributed by atoms with van der Waals surface area (Å²) in [6.45, 7) is 12.7. The van der Waals surface area contributed by atoms with Gasteiger partial charge in [0, 0.05) is 43.7 Å². The molecule has 1 aromatic rings. The van der Waals surface area contributed by atoms with E-state index in [9.17, 15) is 4.39 Å². The van der Waals surface area contributed by atoms with Crippen molar-refractivity contribution in [2.75, 3.05) is 44.2 Å². The molecule has 0 amide bonds. The highest BCUT2D eigenvalue weighted by atomic mass is 32.1. The van der Waals surface area contributed by atoms with Gasteiger partial charge in [0.2, 0.25) is 0 Å². The van der Waals surface area contributed by atoms with Gasteiger partial charge in [-0.1, -0.05) is 20.8 Å². The molecule has 1 saturated carbocycles. The van der Waals surface area contributed by atoms with Crippen molar-refractivity contribution in [1.29, 1.82) is 0 Å². The second-order valence-electron chi connectivity index (χ2n) is 9.29. The van der Waals surface area contributed by atoms with Crippen LogP contribution in [-0.4, -0.2) is 55.6 Å². The molecule has 1 aromatic carbocycles. The van der Waals surface area contributed by atoms with Gasteiger partial charge in [0.15, 0.2) is 0 Å². The molecule has 2 aliphatic rings. The molecule has 2 fully saturated rings. The average molecular weight is 395 g/mol. The molecule has 27 heavy (non-hydrogen) atoms. The molecule has 3 rings (SSSR count). The molecule has 152 valence electrons. The summed E-state index contributed by atoms with van der Waals surface area (Å²) in [4.78, 5) is 4.79. The Kier molecular flexibility index (Phi) is 7.09. The summed E-state index contributed by atoms with van der Waals surface area (Å²) in [6.07, 6.45) is 4.03. The zero-order chi connectivity index (χ0) is 19.4. The van der Waals surface area contributed by atoms with Crippen LogP contribution >= 0.6 is 12.6 Å². The lowest BCUT2D eigenvalue weighted by molar-refractivity contribution is -0.0237. The van der Waals surface area contributed by atoms with Gasteiger partial charge < -0.3 is 9.64 Å². The van der Waals surface area contributed by atoms with Gasteiger partial charge in [0.05, 0.1) is 12.7 Å². The van der Waals surface area contributed by atoms with Gasteiger partial charge >= 0.3 is 0 Å². The molecule has 1 saturated heterocycles. The number of ether oxygens (including phenoxy) is 1. The number of halogens is 1. The van der Waals surface area contributed by atoms with Crippen molar-refractivity contribution in [3.05, 3.63) is 30.1 Å². The van der Waals surface area contributed by atoms with E-state index in [0.717, 1.165) is 57.4 Å². The van der Waals surface area contributed by atoms with Crippen LogP contribution < -0.4 is 4.90 Å². The third-order valence-corrected chi connectivity index (χ3v) is 6.22. The van der Waals surface area contributed by atoms with Crippen LogP contribution in [0.2, 0.25) is 0 Å². The summed E-state index contributed by atoms with van der Waals surface area (Å²) in [5.74, 6) is 0.572. The molecule has 3 nitrogen and oxygen atoms in total. The topological polar surface area (TPSA) is 15.7 Å². The first-order valence-electron chi connectivity index (χ1n) is 10.3. The molecule has 5 heteroatoms. The second kappa shape index (κ2) is 9.15. The van der Waals surface area contributed by atoms with E-state index in [1.807, 2.05) is 12.1 Å². The Morgan fingerprint density at radius 2 is 1.81 bits per heavy atom. The third kappa shape index (κ3) is 6.37. The lowest BCUT2D eigenvalue weighted by Gasteiger charge is -2.39. The Bertz CT molecular complexity index is 586. The molecule has 0 radical (unpaired) electrons. The van der Waals surface area contributed by atoms with Crippen molar-refractivity contribution in [1.82, 2.24) is 4.90 Å². The number of hydrogen-bond acceptors (Lipinski definition) is 4. The maximum Gasteiger partial charge on any atom is 0.123 e. The van der Waals surface area contributed by atoms with E-state index in [0.29, 0.717) is 11.5 Å². The minimum Gasteiger partial charge on any atom is -0.377 e. The van der Waals surface area contributed by atoms with Gasteiger partial charge in [0.25, 0.3) is 0 Å². The van der Waals surface area contributed by atoms with E-state index >= 15 is 0 Å². The highest BCUT2D eigenvalue weighted by Crippen LogP contribution is 2.39. The molecule has 0 spiro atoms. The molecule has 1 aliphatic carbocycles. The second-order valence-corrected chi connectivity index (χ2v) is 10.0. The molecule has 1 aliphatic heterocycles. The SMILES string of the molecule is C[C@@H]1C[C@H](OC[C@H](S)CN2CCN(c3ccc(F)cc3)CC2)CC(C)(C)C1. The van der Waals surface area contributed by atoms with E-state index in [4.69, 9.17) is 17.4 Å². The molecule has 0 bridgehead atoms. The minimum absolute atomic E-state index is 0.175. The molecule has 1 heterocycles. The van der Waals surface area contributed by atoms with Crippen molar-refractivity contribution in [3.63, 3.8) is 0 Å². The van der Waals surface area contributed by atoms with Gasteiger partial charge in [-0.15, -0.1) is 0 Å². The number of benzene rings is 1. The standard InChI is InChI=1S/C22H35FN2OS/c1-17-12-20(14-22(2,3)13-17)26-16-21(27)15-24-8-10-25(11-9-24)19-6-4-18(23)5-7-19/h4-7,17,20-21,27H,8-16H2,1-3H3/t17-,20+,21-/m1/s1. The molecule has 0 N–H and O–H groups in total. The summed E-state index contributed by atoms with van der Waals surface area (Å²) in [5, 5.41) is 0.253. The van der Waals surface area contributed by atoms with Gasteiger partial charge in [-0.2, -0.15) is 12.6 Å². The smallest absolute Gasteiger partial charge is 0.123 e. The summed E-state index contributed by atoms with van der Waals surface area (Å²) in [6, 6.07) is 6.81. The number of hydrogen-bond donors (Lipinski definition) is 1. The fourth-order valence-corrected chi connectivity index (χ4v) is 5.14. The largest absolute Gasteiger partial charge is 0.377 e. The van der Waals surface area contributed by atoms with Crippen molar-refractivity contribution >= 4 is 18.3 Å². The van der Waals surface area contributed by atoms with Gasteiger partial charge in [-0.3, -0.25) is 4.90 Å². The Balaban J connectivity index is 1.38. The van der Waals surface area contributed by atoms with Crippen LogP contribution in [0.25, 0.3) is 0 Å². The Labute approximate surface area is 169 Å². The molecule has 0 aromatic heterocycles. The molecular formula is C22H35FN2OS. The fourth-order valence-electron chi connectivity index (χ4n) is 4.82. The average Bonchev–Trinajstić information content (AvgIpc) is 2.60. The third-order valence-electron chi connectivity index (χ3n) is 5.90. The first-order valence-corrected chi connectivity index (χ1v) is 10.8. The number of thiol groups is 1. The van der Waals surface area contributed by atoms with Crippen LogP contribution in [0.3, 0.4) is 0 Å². The predicted molar refractivity (Wildman–Crippen MR) is 114 cm³/mol. The normalized spacial score (nSPS) is 27.5. The van der Waals surface area contributed by atoms with Crippen LogP contribution in [0.15, 0.2) is 24.3 Å².